The standard InChI is InChI=1S/C16H32O2/c1-4-7-8-9-10-11-12-14-16(17)18-15(6-3)13-5-2/h15H,4-14H2,1-3H3. The van der Waals surface area contributed by atoms with Crippen LogP contribution in [0.15, 0.2) is 0 Å². The van der Waals surface area contributed by atoms with E-state index in [1.54, 1.807) is 0 Å². The monoisotopic (exact) mass is 256 g/mol. The molecule has 0 heterocycles. The molecule has 0 N–H and O–H groups in total. The molecule has 0 saturated carbocycles. The number of ether oxygens (including phenoxy) is 1. The summed E-state index contributed by atoms with van der Waals surface area (Å²) in [5.74, 6) is 0.00357. The maximum absolute atomic E-state index is 11.6. The molecule has 0 spiro atoms. The minimum Gasteiger partial charge on any atom is -0.462 e. The van der Waals surface area contributed by atoms with E-state index in [1.807, 2.05) is 0 Å². The number of esters is 1. The van der Waals surface area contributed by atoms with Crippen molar-refractivity contribution in [3.8, 4) is 0 Å². The van der Waals surface area contributed by atoms with E-state index < -0.39 is 0 Å². The second-order valence-electron chi connectivity index (χ2n) is 5.18. The third kappa shape index (κ3) is 10.6. The maximum Gasteiger partial charge on any atom is 0.306 e. The van der Waals surface area contributed by atoms with E-state index in [0.29, 0.717) is 6.42 Å². The largest absolute Gasteiger partial charge is 0.462 e. The molecule has 1 unspecified atom stereocenters. The molecule has 0 aromatic carbocycles. The predicted octanol–water partition coefficient (Wildman–Crippen LogP) is 5.25. The third-order valence-electron chi connectivity index (χ3n) is 3.35. The topological polar surface area (TPSA) is 26.3 Å². The average Bonchev–Trinajstić information content (AvgIpc) is 2.37. The Labute approximate surface area is 113 Å². The van der Waals surface area contributed by atoms with Crippen LogP contribution in [-0.2, 0) is 9.53 Å². The Morgan fingerprint density at radius 1 is 0.889 bits per heavy atom. The molecule has 2 heteroatoms. The number of carbonyl (C=O) groups excluding carboxylic acids is 1. The average molecular weight is 256 g/mol. The van der Waals surface area contributed by atoms with Gasteiger partial charge in [-0.25, -0.2) is 0 Å². The minimum atomic E-state index is 0.00357. The molecule has 0 radical (unpaired) electrons. The Bertz CT molecular complexity index is 190. The molecule has 0 bridgehead atoms. The number of hydrogen-bond acceptors (Lipinski definition) is 2. The molecule has 0 fully saturated rings. The zero-order valence-electron chi connectivity index (χ0n) is 12.7. The van der Waals surface area contributed by atoms with Crippen molar-refractivity contribution in [2.24, 2.45) is 0 Å². The van der Waals surface area contributed by atoms with Crippen molar-refractivity contribution in [2.75, 3.05) is 0 Å². The van der Waals surface area contributed by atoms with Gasteiger partial charge < -0.3 is 4.74 Å². The predicted molar refractivity (Wildman–Crippen MR) is 77.7 cm³/mol. The zero-order valence-corrected chi connectivity index (χ0v) is 12.7. The summed E-state index contributed by atoms with van der Waals surface area (Å²) >= 11 is 0. The lowest BCUT2D eigenvalue weighted by Gasteiger charge is -2.15. The van der Waals surface area contributed by atoms with Crippen molar-refractivity contribution in [1.82, 2.24) is 0 Å². The molecule has 0 aromatic heterocycles. The molecule has 0 saturated heterocycles. The van der Waals surface area contributed by atoms with Crippen LogP contribution in [0.4, 0.5) is 0 Å². The van der Waals surface area contributed by atoms with Gasteiger partial charge in [0.1, 0.15) is 6.10 Å². The van der Waals surface area contributed by atoms with Crippen molar-refractivity contribution in [3.05, 3.63) is 0 Å². The lowest BCUT2D eigenvalue weighted by atomic mass is 10.1. The molecule has 0 aliphatic heterocycles. The second kappa shape index (κ2) is 12.9. The molecule has 0 rings (SSSR count). The summed E-state index contributed by atoms with van der Waals surface area (Å²) in [6.07, 6.45) is 12.5. The van der Waals surface area contributed by atoms with E-state index in [1.165, 1.54) is 38.5 Å². The molecule has 1 atom stereocenters. The Morgan fingerprint density at radius 3 is 2.06 bits per heavy atom. The smallest absolute Gasteiger partial charge is 0.306 e. The fraction of sp³-hybridized carbons (Fsp3) is 0.938. The second-order valence-corrected chi connectivity index (χ2v) is 5.18. The highest BCUT2D eigenvalue weighted by molar-refractivity contribution is 5.69. The first kappa shape index (κ1) is 17.5. The minimum absolute atomic E-state index is 0.00357. The van der Waals surface area contributed by atoms with Crippen LogP contribution in [0.1, 0.15) is 91.4 Å². The first-order chi connectivity index (χ1) is 8.74. The molecule has 0 aliphatic carbocycles. The van der Waals surface area contributed by atoms with Crippen LogP contribution in [0.25, 0.3) is 0 Å². The first-order valence-electron chi connectivity index (χ1n) is 7.94. The molecule has 0 amide bonds. The van der Waals surface area contributed by atoms with Gasteiger partial charge in [0.25, 0.3) is 0 Å². The fourth-order valence-electron chi connectivity index (χ4n) is 2.14. The van der Waals surface area contributed by atoms with Gasteiger partial charge in [-0.05, 0) is 19.3 Å². The summed E-state index contributed by atoms with van der Waals surface area (Å²) < 4.78 is 5.45. The number of hydrogen-bond donors (Lipinski definition) is 0. The van der Waals surface area contributed by atoms with E-state index in [4.69, 9.17) is 4.74 Å². The van der Waals surface area contributed by atoms with Gasteiger partial charge in [-0.3, -0.25) is 4.79 Å². The van der Waals surface area contributed by atoms with Crippen molar-refractivity contribution in [2.45, 2.75) is 97.5 Å². The normalized spacial score (nSPS) is 12.4. The van der Waals surface area contributed by atoms with Gasteiger partial charge in [0.2, 0.25) is 0 Å². The maximum atomic E-state index is 11.6. The van der Waals surface area contributed by atoms with Crippen LogP contribution >= 0.6 is 0 Å². The molecular weight excluding hydrogens is 224 g/mol. The van der Waals surface area contributed by atoms with Gasteiger partial charge >= 0.3 is 5.97 Å². The molecular formula is C16H32O2. The van der Waals surface area contributed by atoms with Crippen LogP contribution in [-0.4, -0.2) is 12.1 Å². The van der Waals surface area contributed by atoms with Crippen molar-refractivity contribution in [1.29, 1.82) is 0 Å². The van der Waals surface area contributed by atoms with E-state index in [2.05, 4.69) is 20.8 Å². The summed E-state index contributed by atoms with van der Waals surface area (Å²) in [6.45, 7) is 6.45. The Balaban J connectivity index is 3.41. The number of rotatable bonds is 12. The summed E-state index contributed by atoms with van der Waals surface area (Å²) in [7, 11) is 0. The number of carbonyl (C=O) groups is 1. The Hall–Kier alpha value is -0.530. The zero-order chi connectivity index (χ0) is 13.6. The van der Waals surface area contributed by atoms with Gasteiger partial charge in [-0.1, -0.05) is 65.7 Å². The van der Waals surface area contributed by atoms with E-state index in [-0.39, 0.29) is 12.1 Å². The molecule has 108 valence electrons. The van der Waals surface area contributed by atoms with E-state index in [9.17, 15) is 4.79 Å². The van der Waals surface area contributed by atoms with Gasteiger partial charge in [-0.2, -0.15) is 0 Å². The molecule has 2 nitrogen and oxygen atoms in total. The Morgan fingerprint density at radius 2 is 1.50 bits per heavy atom. The van der Waals surface area contributed by atoms with Gasteiger partial charge in [0, 0.05) is 6.42 Å². The quantitative estimate of drug-likeness (QED) is 0.352. The summed E-state index contributed by atoms with van der Waals surface area (Å²) in [5, 5.41) is 0. The van der Waals surface area contributed by atoms with Crippen molar-refractivity contribution in [3.63, 3.8) is 0 Å². The third-order valence-corrected chi connectivity index (χ3v) is 3.35. The lowest BCUT2D eigenvalue weighted by Crippen LogP contribution is -2.16. The van der Waals surface area contributed by atoms with Crippen molar-refractivity contribution >= 4 is 5.97 Å². The molecule has 0 aliphatic rings. The number of unbranched alkanes of at least 4 members (excludes halogenated alkanes) is 6. The van der Waals surface area contributed by atoms with E-state index in [0.717, 1.165) is 25.7 Å². The van der Waals surface area contributed by atoms with Crippen LogP contribution in [0.2, 0.25) is 0 Å². The van der Waals surface area contributed by atoms with Crippen LogP contribution in [0.3, 0.4) is 0 Å². The van der Waals surface area contributed by atoms with Crippen LogP contribution in [0.5, 0.6) is 0 Å². The molecule has 18 heavy (non-hydrogen) atoms. The van der Waals surface area contributed by atoms with Gasteiger partial charge in [0.15, 0.2) is 0 Å². The fourth-order valence-corrected chi connectivity index (χ4v) is 2.14. The summed E-state index contributed by atoms with van der Waals surface area (Å²) in [6, 6.07) is 0. The molecule has 0 aromatic rings. The highest BCUT2D eigenvalue weighted by Crippen LogP contribution is 2.11. The van der Waals surface area contributed by atoms with Gasteiger partial charge in [-0.15, -0.1) is 0 Å². The first-order valence-corrected chi connectivity index (χ1v) is 7.94. The van der Waals surface area contributed by atoms with E-state index >= 15 is 0 Å². The highest BCUT2D eigenvalue weighted by atomic mass is 16.5. The SMILES string of the molecule is CCCCCCCCCC(=O)OC(CC)CCC. The lowest BCUT2D eigenvalue weighted by molar-refractivity contribution is -0.149. The van der Waals surface area contributed by atoms with Crippen molar-refractivity contribution < 1.29 is 9.53 Å². The highest BCUT2D eigenvalue weighted by Gasteiger charge is 2.10. The van der Waals surface area contributed by atoms with Gasteiger partial charge in [0.05, 0.1) is 0 Å². The Kier molecular flexibility index (Phi) is 12.5. The summed E-state index contributed by atoms with van der Waals surface area (Å²) in [4.78, 5) is 11.6. The summed E-state index contributed by atoms with van der Waals surface area (Å²) in [5.41, 5.74) is 0. The van der Waals surface area contributed by atoms with Crippen LogP contribution in [0, 0.1) is 0 Å². The van der Waals surface area contributed by atoms with Crippen LogP contribution < -0.4 is 0 Å².